The highest BCUT2D eigenvalue weighted by atomic mass is 16.2. The summed E-state index contributed by atoms with van der Waals surface area (Å²) in [7, 11) is 0. The number of carbonyl (C=O) groups excluding carboxylic acids is 1. The van der Waals surface area contributed by atoms with Gasteiger partial charge in [0, 0.05) is 37.6 Å². The van der Waals surface area contributed by atoms with Gasteiger partial charge >= 0.3 is 0 Å². The molecule has 2 fully saturated rings. The van der Waals surface area contributed by atoms with E-state index in [1.165, 1.54) is 25.7 Å². The van der Waals surface area contributed by atoms with Crippen molar-refractivity contribution in [2.24, 2.45) is 0 Å². The topological polar surface area (TPSA) is 68.8 Å². The van der Waals surface area contributed by atoms with E-state index in [9.17, 15) is 4.79 Å². The van der Waals surface area contributed by atoms with E-state index in [0.29, 0.717) is 12.0 Å². The van der Waals surface area contributed by atoms with Crippen LogP contribution < -0.4 is 0 Å². The third kappa shape index (κ3) is 3.32. The summed E-state index contributed by atoms with van der Waals surface area (Å²) in [5, 5.41) is 13.0. The van der Waals surface area contributed by atoms with Crippen molar-refractivity contribution in [3.63, 3.8) is 0 Å². The smallest absolute Gasteiger partial charge is 0.247 e. The normalized spacial score (nSPS) is 20.9. The molecule has 1 saturated heterocycles. The molecular formula is C18H26N6O. The second-order valence-corrected chi connectivity index (χ2v) is 7.32. The Kier molecular flexibility index (Phi) is 4.55. The van der Waals surface area contributed by atoms with Crippen LogP contribution in [0.1, 0.15) is 69.1 Å². The summed E-state index contributed by atoms with van der Waals surface area (Å²) >= 11 is 0. The maximum absolute atomic E-state index is 12.6. The fraction of sp³-hybridized carbons (Fsp3) is 0.667. The van der Waals surface area contributed by atoms with Crippen molar-refractivity contribution in [2.45, 2.75) is 63.5 Å². The lowest BCUT2D eigenvalue weighted by Crippen LogP contribution is -2.42. The molecule has 25 heavy (non-hydrogen) atoms. The zero-order valence-electron chi connectivity index (χ0n) is 14.8. The van der Waals surface area contributed by atoms with E-state index in [0.717, 1.165) is 31.6 Å². The van der Waals surface area contributed by atoms with Gasteiger partial charge < -0.3 is 4.90 Å². The third-order valence-electron chi connectivity index (χ3n) is 5.73. The molecule has 0 N–H and O–H groups in total. The molecule has 1 aliphatic heterocycles. The van der Waals surface area contributed by atoms with Crippen LogP contribution in [0.2, 0.25) is 0 Å². The van der Waals surface area contributed by atoms with Crippen LogP contribution in [-0.4, -0.2) is 48.7 Å². The van der Waals surface area contributed by atoms with Crippen molar-refractivity contribution in [1.82, 2.24) is 29.7 Å². The SMILES string of the molecule is CC(C(=O)N1CCC(n2cc(C3CCCC3)nn2)CC1)n1cccn1. The predicted molar refractivity (Wildman–Crippen MR) is 93.0 cm³/mol. The van der Waals surface area contributed by atoms with Crippen LogP contribution in [0.25, 0.3) is 0 Å². The van der Waals surface area contributed by atoms with E-state index < -0.39 is 0 Å². The molecule has 1 unspecified atom stereocenters. The number of likely N-dealkylation sites (tertiary alicyclic amines) is 1. The van der Waals surface area contributed by atoms with Gasteiger partial charge in [-0.3, -0.25) is 9.48 Å². The lowest BCUT2D eigenvalue weighted by molar-refractivity contribution is -0.135. The molecule has 0 spiro atoms. The highest BCUT2D eigenvalue weighted by Crippen LogP contribution is 2.33. The average Bonchev–Trinajstić information content (AvgIpc) is 3.42. The van der Waals surface area contributed by atoms with Gasteiger partial charge in [0.05, 0.1) is 11.7 Å². The van der Waals surface area contributed by atoms with Crippen LogP contribution in [0.15, 0.2) is 24.7 Å². The minimum Gasteiger partial charge on any atom is -0.341 e. The molecule has 0 aromatic carbocycles. The van der Waals surface area contributed by atoms with Crippen LogP contribution in [-0.2, 0) is 4.79 Å². The molecule has 0 radical (unpaired) electrons. The molecule has 2 aromatic rings. The summed E-state index contributed by atoms with van der Waals surface area (Å²) < 4.78 is 3.76. The van der Waals surface area contributed by atoms with Gasteiger partial charge in [-0.1, -0.05) is 18.1 Å². The first-order valence-corrected chi connectivity index (χ1v) is 9.42. The predicted octanol–water partition coefficient (Wildman–Crippen LogP) is 2.56. The van der Waals surface area contributed by atoms with Gasteiger partial charge in [-0.2, -0.15) is 5.10 Å². The Morgan fingerprint density at radius 3 is 2.64 bits per heavy atom. The third-order valence-corrected chi connectivity index (χ3v) is 5.73. The molecular weight excluding hydrogens is 316 g/mol. The summed E-state index contributed by atoms with van der Waals surface area (Å²) in [6.07, 6.45) is 12.7. The Balaban J connectivity index is 1.34. The molecule has 134 valence electrons. The summed E-state index contributed by atoms with van der Waals surface area (Å²) in [4.78, 5) is 14.6. The zero-order chi connectivity index (χ0) is 17.2. The number of hydrogen-bond donors (Lipinski definition) is 0. The van der Waals surface area contributed by atoms with Crippen molar-refractivity contribution in [1.29, 1.82) is 0 Å². The minimum absolute atomic E-state index is 0.146. The van der Waals surface area contributed by atoms with Crippen molar-refractivity contribution in [2.75, 3.05) is 13.1 Å². The summed E-state index contributed by atoms with van der Waals surface area (Å²) in [6.45, 7) is 3.45. The molecule has 1 aliphatic carbocycles. The molecule has 1 saturated carbocycles. The quantitative estimate of drug-likeness (QED) is 0.856. The number of hydrogen-bond acceptors (Lipinski definition) is 4. The molecule has 1 atom stereocenters. The van der Waals surface area contributed by atoms with Crippen LogP contribution in [0.3, 0.4) is 0 Å². The van der Waals surface area contributed by atoms with Crippen LogP contribution in [0.5, 0.6) is 0 Å². The fourth-order valence-electron chi connectivity index (χ4n) is 4.12. The highest BCUT2D eigenvalue weighted by molar-refractivity contribution is 5.80. The maximum atomic E-state index is 12.6. The molecule has 2 aliphatic rings. The van der Waals surface area contributed by atoms with Crippen molar-refractivity contribution >= 4 is 5.91 Å². The van der Waals surface area contributed by atoms with Crippen LogP contribution in [0.4, 0.5) is 0 Å². The van der Waals surface area contributed by atoms with E-state index >= 15 is 0 Å². The number of aromatic nitrogens is 5. The Labute approximate surface area is 148 Å². The number of rotatable bonds is 4. The molecule has 3 heterocycles. The van der Waals surface area contributed by atoms with Gasteiger partial charge in [0.1, 0.15) is 6.04 Å². The second-order valence-electron chi connectivity index (χ2n) is 7.32. The standard InChI is InChI=1S/C18H26N6O/c1-14(23-10-4-9-19-23)18(25)22-11-7-16(8-12-22)24-13-17(20-21-24)15-5-2-3-6-15/h4,9-10,13-16H,2-3,5-8,11-12H2,1H3. The Morgan fingerprint density at radius 2 is 1.96 bits per heavy atom. The molecule has 4 rings (SSSR count). The molecule has 1 amide bonds. The largest absolute Gasteiger partial charge is 0.341 e. The Hall–Kier alpha value is -2.18. The van der Waals surface area contributed by atoms with E-state index in [-0.39, 0.29) is 11.9 Å². The monoisotopic (exact) mass is 342 g/mol. The maximum Gasteiger partial charge on any atom is 0.247 e. The zero-order valence-corrected chi connectivity index (χ0v) is 14.8. The average molecular weight is 342 g/mol. The lowest BCUT2D eigenvalue weighted by atomic mass is 10.0. The second kappa shape index (κ2) is 6.98. The first kappa shape index (κ1) is 16.3. The Bertz CT molecular complexity index is 695. The number of amides is 1. The van der Waals surface area contributed by atoms with E-state index in [2.05, 4.69) is 21.6 Å². The summed E-state index contributed by atoms with van der Waals surface area (Å²) in [5.41, 5.74) is 1.16. The van der Waals surface area contributed by atoms with Gasteiger partial charge in [0.25, 0.3) is 0 Å². The van der Waals surface area contributed by atoms with Gasteiger partial charge in [-0.15, -0.1) is 5.10 Å². The van der Waals surface area contributed by atoms with Gasteiger partial charge in [-0.25, -0.2) is 4.68 Å². The van der Waals surface area contributed by atoms with Crippen molar-refractivity contribution in [3.05, 3.63) is 30.4 Å². The molecule has 7 nitrogen and oxygen atoms in total. The lowest BCUT2D eigenvalue weighted by Gasteiger charge is -2.33. The number of nitrogens with zero attached hydrogens (tertiary/aromatic N) is 6. The minimum atomic E-state index is -0.244. The van der Waals surface area contributed by atoms with Crippen LogP contribution >= 0.6 is 0 Å². The van der Waals surface area contributed by atoms with Crippen molar-refractivity contribution < 1.29 is 4.79 Å². The highest BCUT2D eigenvalue weighted by Gasteiger charge is 2.29. The molecule has 0 bridgehead atoms. The van der Waals surface area contributed by atoms with E-state index in [1.54, 1.807) is 10.9 Å². The molecule has 7 heteroatoms. The number of carbonyl (C=O) groups is 1. The van der Waals surface area contributed by atoms with Crippen molar-refractivity contribution in [3.8, 4) is 0 Å². The first-order chi connectivity index (χ1) is 12.2. The van der Waals surface area contributed by atoms with E-state index in [4.69, 9.17) is 0 Å². The fourth-order valence-corrected chi connectivity index (χ4v) is 4.12. The van der Waals surface area contributed by atoms with Gasteiger partial charge in [0.2, 0.25) is 5.91 Å². The summed E-state index contributed by atoms with van der Waals surface area (Å²) in [5.74, 6) is 0.748. The van der Waals surface area contributed by atoms with Gasteiger partial charge in [0.15, 0.2) is 0 Å². The Morgan fingerprint density at radius 1 is 1.20 bits per heavy atom. The first-order valence-electron chi connectivity index (χ1n) is 9.42. The van der Waals surface area contributed by atoms with Gasteiger partial charge in [-0.05, 0) is 38.7 Å². The van der Waals surface area contributed by atoms with E-state index in [1.807, 2.05) is 28.8 Å². The van der Waals surface area contributed by atoms with Crippen LogP contribution in [0, 0.1) is 0 Å². The summed E-state index contributed by atoms with van der Waals surface area (Å²) in [6, 6.07) is 1.96. The molecule has 2 aromatic heterocycles. The number of piperidine rings is 1.